The molecule has 0 aromatic heterocycles. The van der Waals surface area contributed by atoms with E-state index in [0.29, 0.717) is 17.9 Å². The Labute approximate surface area is 105 Å². The average Bonchev–Trinajstić information content (AvgIpc) is 2.94. The fraction of sp³-hybridized carbons (Fsp3) is 0.929. The third kappa shape index (κ3) is 3.21. The highest BCUT2D eigenvalue weighted by Gasteiger charge is 2.47. The van der Waals surface area contributed by atoms with E-state index in [4.69, 9.17) is 0 Å². The molecular formula is C14H26N2O. The first-order valence-electron chi connectivity index (χ1n) is 7.09. The molecule has 0 bridgehead atoms. The van der Waals surface area contributed by atoms with Crippen molar-refractivity contribution in [2.45, 2.75) is 45.6 Å². The minimum atomic E-state index is 0.301. The summed E-state index contributed by atoms with van der Waals surface area (Å²) in [4.78, 5) is 14.2. The van der Waals surface area contributed by atoms with Gasteiger partial charge in [0.25, 0.3) is 0 Å². The van der Waals surface area contributed by atoms with E-state index >= 15 is 0 Å². The van der Waals surface area contributed by atoms with Crippen molar-refractivity contribution in [3.63, 3.8) is 0 Å². The minimum Gasteiger partial charge on any atom is -0.355 e. The molecule has 2 rings (SSSR count). The lowest BCUT2D eigenvalue weighted by Gasteiger charge is -2.23. The lowest BCUT2D eigenvalue weighted by atomic mass is 10.0. The molecule has 2 aliphatic carbocycles. The van der Waals surface area contributed by atoms with Gasteiger partial charge in [0.1, 0.15) is 0 Å². The first-order chi connectivity index (χ1) is 8.11. The van der Waals surface area contributed by atoms with Crippen LogP contribution < -0.4 is 5.32 Å². The molecule has 2 fully saturated rings. The van der Waals surface area contributed by atoms with Crippen LogP contribution in [0.15, 0.2) is 0 Å². The Bertz CT molecular complexity index is 269. The number of carbonyl (C=O) groups is 1. The average molecular weight is 238 g/mol. The Kier molecular flexibility index (Phi) is 4.08. The molecule has 3 heteroatoms. The number of nitrogens with one attached hydrogen (secondary N) is 1. The zero-order valence-corrected chi connectivity index (χ0v) is 11.4. The summed E-state index contributed by atoms with van der Waals surface area (Å²) in [5.74, 6) is 2.42. The van der Waals surface area contributed by atoms with Crippen LogP contribution in [0.1, 0.15) is 39.5 Å². The van der Waals surface area contributed by atoms with Crippen molar-refractivity contribution in [3.05, 3.63) is 0 Å². The predicted molar refractivity (Wildman–Crippen MR) is 69.7 cm³/mol. The second-order valence-corrected chi connectivity index (χ2v) is 5.95. The van der Waals surface area contributed by atoms with Crippen LogP contribution in [-0.4, -0.2) is 37.0 Å². The van der Waals surface area contributed by atoms with Crippen molar-refractivity contribution in [1.29, 1.82) is 0 Å². The van der Waals surface area contributed by atoms with Crippen LogP contribution in [0, 0.1) is 17.8 Å². The Morgan fingerprint density at radius 3 is 2.59 bits per heavy atom. The summed E-state index contributed by atoms with van der Waals surface area (Å²) >= 11 is 0. The number of hydrogen-bond acceptors (Lipinski definition) is 2. The van der Waals surface area contributed by atoms with Gasteiger partial charge in [0.15, 0.2) is 0 Å². The number of amides is 1. The topological polar surface area (TPSA) is 32.3 Å². The van der Waals surface area contributed by atoms with Crippen molar-refractivity contribution >= 4 is 5.91 Å². The summed E-state index contributed by atoms with van der Waals surface area (Å²) in [6.45, 7) is 6.18. The maximum atomic E-state index is 11.9. The number of carbonyl (C=O) groups excluding carboxylic acids is 1. The SMILES string of the molecule is CCC(C)N(C)CCNC(=O)C1CC2CC2C1. The van der Waals surface area contributed by atoms with Gasteiger partial charge in [-0.05, 0) is 51.5 Å². The second kappa shape index (κ2) is 5.38. The van der Waals surface area contributed by atoms with Gasteiger partial charge in [0, 0.05) is 25.0 Å². The van der Waals surface area contributed by atoms with Gasteiger partial charge in [-0.1, -0.05) is 6.92 Å². The Balaban J connectivity index is 1.60. The lowest BCUT2D eigenvalue weighted by Crippen LogP contribution is -2.39. The van der Waals surface area contributed by atoms with E-state index in [2.05, 4.69) is 31.1 Å². The van der Waals surface area contributed by atoms with Crippen molar-refractivity contribution < 1.29 is 4.79 Å². The highest BCUT2D eigenvalue weighted by molar-refractivity contribution is 5.79. The van der Waals surface area contributed by atoms with Crippen molar-refractivity contribution in [2.75, 3.05) is 20.1 Å². The van der Waals surface area contributed by atoms with Crippen LogP contribution in [0.25, 0.3) is 0 Å². The smallest absolute Gasteiger partial charge is 0.223 e. The summed E-state index contributed by atoms with van der Waals surface area (Å²) in [7, 11) is 2.13. The summed E-state index contributed by atoms with van der Waals surface area (Å²) in [5.41, 5.74) is 0. The molecule has 0 heterocycles. The van der Waals surface area contributed by atoms with Crippen molar-refractivity contribution in [1.82, 2.24) is 10.2 Å². The van der Waals surface area contributed by atoms with E-state index in [-0.39, 0.29) is 0 Å². The molecule has 0 aliphatic heterocycles. The zero-order valence-electron chi connectivity index (χ0n) is 11.4. The summed E-state index contributed by atoms with van der Waals surface area (Å²) < 4.78 is 0. The number of nitrogens with zero attached hydrogens (tertiary/aromatic N) is 1. The van der Waals surface area contributed by atoms with Gasteiger partial charge in [-0.25, -0.2) is 0 Å². The normalized spacial score (nSPS) is 32.4. The first kappa shape index (κ1) is 12.9. The van der Waals surface area contributed by atoms with Gasteiger partial charge in [-0.3, -0.25) is 4.79 Å². The lowest BCUT2D eigenvalue weighted by molar-refractivity contribution is -0.125. The van der Waals surface area contributed by atoms with Gasteiger partial charge < -0.3 is 10.2 Å². The third-order valence-electron chi connectivity index (χ3n) is 4.72. The van der Waals surface area contributed by atoms with E-state index in [0.717, 1.165) is 44.2 Å². The molecule has 0 saturated heterocycles. The highest BCUT2D eigenvalue weighted by Crippen LogP contribution is 2.54. The van der Waals surface area contributed by atoms with Gasteiger partial charge in [-0.2, -0.15) is 0 Å². The maximum absolute atomic E-state index is 11.9. The number of fused-ring (bicyclic) bond motifs is 1. The maximum Gasteiger partial charge on any atom is 0.223 e. The van der Waals surface area contributed by atoms with E-state index in [9.17, 15) is 4.79 Å². The zero-order chi connectivity index (χ0) is 12.4. The monoisotopic (exact) mass is 238 g/mol. The largest absolute Gasteiger partial charge is 0.355 e. The van der Waals surface area contributed by atoms with E-state index in [1.807, 2.05) is 0 Å². The molecule has 3 unspecified atom stereocenters. The minimum absolute atomic E-state index is 0.301. The molecule has 1 amide bonds. The molecule has 1 N–H and O–H groups in total. The van der Waals surface area contributed by atoms with Crippen LogP contribution in [0.4, 0.5) is 0 Å². The summed E-state index contributed by atoms with van der Waals surface area (Å²) in [6, 6.07) is 0.603. The van der Waals surface area contributed by atoms with Crippen molar-refractivity contribution in [2.24, 2.45) is 17.8 Å². The third-order valence-corrected chi connectivity index (χ3v) is 4.72. The van der Waals surface area contributed by atoms with Crippen molar-refractivity contribution in [3.8, 4) is 0 Å². The number of likely N-dealkylation sites (N-methyl/N-ethyl adjacent to an activating group) is 1. The fourth-order valence-electron chi connectivity index (χ4n) is 2.96. The van der Waals surface area contributed by atoms with Crippen LogP contribution in [0.2, 0.25) is 0 Å². The molecular weight excluding hydrogens is 212 g/mol. The van der Waals surface area contributed by atoms with E-state index < -0.39 is 0 Å². The van der Waals surface area contributed by atoms with E-state index in [1.54, 1.807) is 0 Å². The quantitative estimate of drug-likeness (QED) is 0.766. The van der Waals surface area contributed by atoms with E-state index in [1.165, 1.54) is 6.42 Å². The first-order valence-corrected chi connectivity index (χ1v) is 7.09. The predicted octanol–water partition coefficient (Wildman–Crippen LogP) is 1.88. The Morgan fingerprint density at radius 2 is 2.00 bits per heavy atom. The Morgan fingerprint density at radius 1 is 1.35 bits per heavy atom. The molecule has 3 nitrogen and oxygen atoms in total. The molecule has 0 radical (unpaired) electrons. The molecule has 0 spiro atoms. The van der Waals surface area contributed by atoms with Gasteiger partial charge >= 0.3 is 0 Å². The van der Waals surface area contributed by atoms with Gasteiger partial charge in [0.05, 0.1) is 0 Å². The molecule has 2 aliphatic rings. The Hall–Kier alpha value is -0.570. The van der Waals surface area contributed by atoms with Crippen LogP contribution >= 0.6 is 0 Å². The number of rotatable bonds is 6. The summed E-state index contributed by atoms with van der Waals surface area (Å²) in [6.07, 6.45) is 4.85. The summed E-state index contributed by atoms with van der Waals surface area (Å²) in [5, 5.41) is 3.09. The highest BCUT2D eigenvalue weighted by atomic mass is 16.1. The number of hydrogen-bond donors (Lipinski definition) is 1. The van der Waals surface area contributed by atoms with Crippen LogP contribution in [-0.2, 0) is 4.79 Å². The molecule has 0 aromatic carbocycles. The van der Waals surface area contributed by atoms with Crippen LogP contribution in [0.3, 0.4) is 0 Å². The van der Waals surface area contributed by atoms with Crippen LogP contribution in [0.5, 0.6) is 0 Å². The van der Waals surface area contributed by atoms with Gasteiger partial charge in [0.2, 0.25) is 5.91 Å². The standard InChI is InChI=1S/C14H26N2O/c1-4-10(2)16(3)6-5-15-14(17)13-8-11-7-12(11)9-13/h10-13H,4-9H2,1-3H3,(H,15,17). The van der Waals surface area contributed by atoms with Gasteiger partial charge in [-0.15, -0.1) is 0 Å². The molecule has 2 saturated carbocycles. The fourth-order valence-corrected chi connectivity index (χ4v) is 2.96. The molecule has 3 atom stereocenters. The molecule has 98 valence electrons. The molecule has 0 aromatic rings. The second-order valence-electron chi connectivity index (χ2n) is 5.95. The molecule has 17 heavy (non-hydrogen) atoms.